The first-order valence-electron chi connectivity index (χ1n) is 3.85. The third kappa shape index (κ3) is 0.896. The average Bonchev–Trinajstić information content (AvgIpc) is 2.48. The highest BCUT2D eigenvalue weighted by Gasteiger charge is 2.43. The van der Waals surface area contributed by atoms with Crippen LogP contribution in [0.2, 0.25) is 0 Å². The number of likely N-dealkylation sites (N-methyl/N-ethyl adjacent to an activating group) is 1. The zero-order chi connectivity index (χ0) is 8.72. The molecule has 5 heteroatoms. The number of nitrogens with one attached hydrogen (secondary N) is 1. The number of carbonyl (C=O) groups excluding carboxylic acids is 2. The van der Waals surface area contributed by atoms with Crippen molar-refractivity contribution in [2.75, 3.05) is 20.3 Å². The van der Waals surface area contributed by atoms with Gasteiger partial charge < -0.3 is 9.64 Å². The summed E-state index contributed by atoms with van der Waals surface area (Å²) in [6.45, 7) is 0.897. The molecular formula is C7H10N2O3. The maximum Gasteiger partial charge on any atom is 0.324 e. The summed E-state index contributed by atoms with van der Waals surface area (Å²) in [6, 6.07) is -0.391. The second-order valence-electron chi connectivity index (χ2n) is 3.12. The molecule has 0 bridgehead atoms. The van der Waals surface area contributed by atoms with Gasteiger partial charge >= 0.3 is 6.03 Å². The van der Waals surface area contributed by atoms with Gasteiger partial charge in [0.05, 0.1) is 25.2 Å². The first kappa shape index (κ1) is 7.54. The Morgan fingerprint density at radius 2 is 2.25 bits per heavy atom. The van der Waals surface area contributed by atoms with Crippen molar-refractivity contribution in [3.8, 4) is 0 Å². The summed E-state index contributed by atoms with van der Waals surface area (Å²) in [5.41, 5.74) is 0. The Bertz CT molecular complexity index is 241. The summed E-state index contributed by atoms with van der Waals surface area (Å²) in [7, 11) is 1.67. The van der Waals surface area contributed by atoms with E-state index in [1.54, 1.807) is 7.05 Å². The van der Waals surface area contributed by atoms with Crippen LogP contribution < -0.4 is 5.32 Å². The van der Waals surface area contributed by atoms with E-state index in [2.05, 4.69) is 5.32 Å². The van der Waals surface area contributed by atoms with Crippen LogP contribution in [0.4, 0.5) is 4.79 Å². The van der Waals surface area contributed by atoms with E-state index in [1.165, 1.54) is 4.90 Å². The quantitative estimate of drug-likeness (QED) is 0.517. The summed E-state index contributed by atoms with van der Waals surface area (Å²) in [4.78, 5) is 23.8. The molecule has 2 heterocycles. The smallest absolute Gasteiger partial charge is 0.324 e. The van der Waals surface area contributed by atoms with Crippen molar-refractivity contribution in [2.24, 2.45) is 5.92 Å². The first-order chi connectivity index (χ1) is 5.70. The lowest BCUT2D eigenvalue weighted by atomic mass is 10.00. The molecule has 5 nitrogen and oxygen atoms in total. The zero-order valence-corrected chi connectivity index (χ0v) is 6.74. The molecule has 0 saturated carbocycles. The summed E-state index contributed by atoms with van der Waals surface area (Å²) < 4.78 is 5.13. The fourth-order valence-corrected chi connectivity index (χ4v) is 1.61. The van der Waals surface area contributed by atoms with Gasteiger partial charge in [0.1, 0.15) is 0 Å². The second-order valence-corrected chi connectivity index (χ2v) is 3.12. The van der Waals surface area contributed by atoms with E-state index >= 15 is 0 Å². The number of ether oxygens (including phenoxy) is 1. The minimum absolute atomic E-state index is 0.0637. The SMILES string of the molecule is CN1C(=O)NC(=O)C2COCC21. The van der Waals surface area contributed by atoms with Gasteiger partial charge in [-0.15, -0.1) is 0 Å². The molecule has 2 aliphatic rings. The Hall–Kier alpha value is -1.10. The second kappa shape index (κ2) is 2.45. The van der Waals surface area contributed by atoms with Crippen LogP contribution >= 0.6 is 0 Å². The van der Waals surface area contributed by atoms with Gasteiger partial charge in [-0.3, -0.25) is 10.1 Å². The van der Waals surface area contributed by atoms with E-state index in [9.17, 15) is 9.59 Å². The molecule has 12 heavy (non-hydrogen) atoms. The maximum absolute atomic E-state index is 11.2. The van der Waals surface area contributed by atoms with Crippen LogP contribution in [0.5, 0.6) is 0 Å². The number of hydrogen-bond donors (Lipinski definition) is 1. The molecule has 0 aliphatic carbocycles. The van der Waals surface area contributed by atoms with Gasteiger partial charge in [-0.1, -0.05) is 0 Å². The van der Waals surface area contributed by atoms with Gasteiger partial charge in [0, 0.05) is 7.05 Å². The van der Waals surface area contributed by atoms with Gasteiger partial charge in [-0.2, -0.15) is 0 Å². The minimum Gasteiger partial charge on any atom is -0.378 e. The van der Waals surface area contributed by atoms with Crippen LogP contribution in [0, 0.1) is 5.92 Å². The van der Waals surface area contributed by atoms with Gasteiger partial charge in [-0.25, -0.2) is 4.79 Å². The summed E-state index contributed by atoms with van der Waals surface area (Å²) in [5.74, 6) is -0.381. The minimum atomic E-state index is -0.327. The first-order valence-corrected chi connectivity index (χ1v) is 3.85. The van der Waals surface area contributed by atoms with E-state index in [1.807, 2.05) is 0 Å². The predicted octanol–water partition coefficient (Wildman–Crippen LogP) is -0.817. The van der Waals surface area contributed by atoms with Crippen LogP contribution in [-0.4, -0.2) is 43.1 Å². The molecule has 0 spiro atoms. The van der Waals surface area contributed by atoms with Crippen LogP contribution in [0.15, 0.2) is 0 Å². The molecule has 0 aromatic carbocycles. The number of nitrogens with zero attached hydrogens (tertiary/aromatic N) is 1. The van der Waals surface area contributed by atoms with Gasteiger partial charge in [0.2, 0.25) is 5.91 Å². The largest absolute Gasteiger partial charge is 0.378 e. The van der Waals surface area contributed by atoms with Gasteiger partial charge in [0.25, 0.3) is 0 Å². The van der Waals surface area contributed by atoms with E-state index in [4.69, 9.17) is 4.74 Å². The molecule has 2 rings (SSSR count). The summed E-state index contributed by atoms with van der Waals surface area (Å²) >= 11 is 0. The Morgan fingerprint density at radius 3 is 3.00 bits per heavy atom. The molecule has 2 saturated heterocycles. The number of imide groups is 1. The molecule has 2 fully saturated rings. The number of fused-ring (bicyclic) bond motifs is 1. The molecule has 3 amide bonds. The number of amides is 3. The molecular weight excluding hydrogens is 160 g/mol. The van der Waals surface area contributed by atoms with Crippen LogP contribution in [-0.2, 0) is 9.53 Å². The Kier molecular flexibility index (Phi) is 1.54. The van der Waals surface area contributed by atoms with Crippen molar-refractivity contribution in [1.29, 1.82) is 0 Å². The Balaban J connectivity index is 2.23. The average molecular weight is 170 g/mol. The molecule has 0 aromatic rings. The van der Waals surface area contributed by atoms with Gasteiger partial charge in [-0.05, 0) is 0 Å². The topological polar surface area (TPSA) is 58.6 Å². The van der Waals surface area contributed by atoms with Crippen LogP contribution in [0.25, 0.3) is 0 Å². The fraction of sp³-hybridized carbons (Fsp3) is 0.714. The Labute approximate surface area is 69.7 Å². The van der Waals surface area contributed by atoms with Crippen molar-refractivity contribution in [3.05, 3.63) is 0 Å². The molecule has 1 N–H and O–H groups in total. The lowest BCUT2D eigenvalue weighted by molar-refractivity contribution is -0.126. The Morgan fingerprint density at radius 1 is 1.50 bits per heavy atom. The predicted molar refractivity (Wildman–Crippen MR) is 39.4 cm³/mol. The standard InChI is InChI=1S/C7H10N2O3/c1-9-5-3-12-2-4(5)6(10)8-7(9)11/h4-5H,2-3H2,1H3,(H,8,10,11). The molecule has 2 unspecified atom stereocenters. The molecule has 0 aromatic heterocycles. The maximum atomic E-state index is 11.2. The number of rotatable bonds is 0. The molecule has 0 radical (unpaired) electrons. The van der Waals surface area contributed by atoms with E-state index in [0.29, 0.717) is 13.2 Å². The highest BCUT2D eigenvalue weighted by atomic mass is 16.5. The third-order valence-corrected chi connectivity index (χ3v) is 2.44. The third-order valence-electron chi connectivity index (χ3n) is 2.44. The summed E-state index contributed by atoms with van der Waals surface area (Å²) in [5, 5.41) is 2.27. The van der Waals surface area contributed by atoms with E-state index < -0.39 is 0 Å². The normalized spacial score (nSPS) is 34.9. The highest BCUT2D eigenvalue weighted by Crippen LogP contribution is 2.21. The highest BCUT2D eigenvalue weighted by molar-refractivity contribution is 5.98. The monoisotopic (exact) mass is 170 g/mol. The van der Waals surface area contributed by atoms with Crippen molar-refractivity contribution in [1.82, 2.24) is 10.2 Å². The van der Waals surface area contributed by atoms with Gasteiger partial charge in [0.15, 0.2) is 0 Å². The van der Waals surface area contributed by atoms with Crippen molar-refractivity contribution in [2.45, 2.75) is 6.04 Å². The van der Waals surface area contributed by atoms with Crippen molar-refractivity contribution >= 4 is 11.9 Å². The van der Waals surface area contributed by atoms with Crippen molar-refractivity contribution < 1.29 is 14.3 Å². The molecule has 2 atom stereocenters. The van der Waals surface area contributed by atoms with Crippen molar-refractivity contribution in [3.63, 3.8) is 0 Å². The van der Waals surface area contributed by atoms with E-state index in [-0.39, 0.29) is 23.9 Å². The number of urea groups is 1. The molecule has 66 valence electrons. The molecule has 2 aliphatic heterocycles. The lowest BCUT2D eigenvalue weighted by Gasteiger charge is -2.32. The number of hydrogen-bond acceptors (Lipinski definition) is 3. The number of carbonyl (C=O) groups is 2. The van der Waals surface area contributed by atoms with Crippen LogP contribution in [0.3, 0.4) is 0 Å². The fourth-order valence-electron chi connectivity index (χ4n) is 1.61. The zero-order valence-electron chi connectivity index (χ0n) is 6.74. The van der Waals surface area contributed by atoms with E-state index in [0.717, 1.165) is 0 Å². The lowest BCUT2D eigenvalue weighted by Crippen LogP contribution is -2.58. The van der Waals surface area contributed by atoms with Crippen LogP contribution in [0.1, 0.15) is 0 Å². The summed E-state index contributed by atoms with van der Waals surface area (Å²) in [6.07, 6.45) is 0.